The van der Waals surface area contributed by atoms with Crippen molar-refractivity contribution in [1.29, 1.82) is 0 Å². The van der Waals surface area contributed by atoms with Crippen LogP contribution in [0.3, 0.4) is 0 Å². The molecule has 2 nitrogen and oxygen atoms in total. The van der Waals surface area contributed by atoms with Gasteiger partial charge in [-0.3, -0.25) is 0 Å². The van der Waals surface area contributed by atoms with E-state index in [0.717, 1.165) is 27.6 Å². The fourth-order valence-electron chi connectivity index (χ4n) is 3.32. The van der Waals surface area contributed by atoms with Crippen molar-refractivity contribution in [2.24, 2.45) is 0 Å². The highest BCUT2D eigenvalue weighted by atomic mass is 16.3. The van der Waals surface area contributed by atoms with Crippen LogP contribution in [0.1, 0.15) is 28.9 Å². The van der Waals surface area contributed by atoms with Crippen molar-refractivity contribution in [2.75, 3.05) is 0 Å². The van der Waals surface area contributed by atoms with E-state index in [1.54, 1.807) is 0 Å². The molecule has 0 heterocycles. The van der Waals surface area contributed by atoms with Gasteiger partial charge in [0.2, 0.25) is 0 Å². The van der Waals surface area contributed by atoms with Crippen molar-refractivity contribution in [3.63, 3.8) is 0 Å². The van der Waals surface area contributed by atoms with Gasteiger partial charge in [-0.05, 0) is 57.6 Å². The summed E-state index contributed by atoms with van der Waals surface area (Å²) in [7, 11) is 0. The van der Waals surface area contributed by atoms with E-state index in [2.05, 4.69) is 19.1 Å². The second-order valence-electron chi connectivity index (χ2n) is 5.71. The highest BCUT2D eigenvalue weighted by Gasteiger charge is 2.31. The summed E-state index contributed by atoms with van der Waals surface area (Å²) in [6, 6.07) is 18.0. The minimum Gasteiger partial charge on any atom is -0.385 e. The smallest absolute Gasteiger partial charge is 0.110 e. The van der Waals surface area contributed by atoms with Crippen LogP contribution >= 0.6 is 0 Å². The number of hydrogen-bond acceptors (Lipinski definition) is 2. The van der Waals surface area contributed by atoms with Crippen LogP contribution < -0.4 is 0 Å². The third-order valence-electron chi connectivity index (χ3n) is 4.46. The van der Waals surface area contributed by atoms with Crippen LogP contribution in [0.15, 0.2) is 54.6 Å². The van der Waals surface area contributed by atoms with Crippen LogP contribution in [0.5, 0.6) is 0 Å². The lowest BCUT2D eigenvalue weighted by molar-refractivity contribution is 0.0159. The van der Waals surface area contributed by atoms with Crippen LogP contribution in [-0.4, -0.2) is 10.2 Å². The monoisotopic (exact) mass is 276 g/mol. The number of aliphatic hydroxyl groups excluding tert-OH is 2. The minimum atomic E-state index is -0.875. The zero-order valence-electron chi connectivity index (χ0n) is 11.7. The predicted octanol–water partition coefficient (Wildman–Crippen LogP) is 3.90. The van der Waals surface area contributed by atoms with E-state index < -0.39 is 12.2 Å². The lowest BCUT2D eigenvalue weighted by atomic mass is 9.80. The molecule has 0 spiro atoms. The molecule has 0 saturated carbocycles. The topological polar surface area (TPSA) is 40.5 Å². The van der Waals surface area contributed by atoms with Crippen molar-refractivity contribution in [3.05, 3.63) is 71.3 Å². The Morgan fingerprint density at radius 1 is 0.762 bits per heavy atom. The van der Waals surface area contributed by atoms with Crippen molar-refractivity contribution in [2.45, 2.75) is 19.1 Å². The van der Waals surface area contributed by atoms with Crippen LogP contribution in [0.25, 0.3) is 21.9 Å². The Morgan fingerprint density at radius 3 is 2.38 bits per heavy atom. The highest BCUT2D eigenvalue weighted by molar-refractivity contribution is 5.92. The van der Waals surface area contributed by atoms with Gasteiger partial charge in [-0.2, -0.15) is 0 Å². The molecule has 2 heteroatoms. The van der Waals surface area contributed by atoms with Crippen molar-refractivity contribution < 1.29 is 10.2 Å². The van der Waals surface area contributed by atoms with E-state index in [1.807, 2.05) is 42.5 Å². The fourth-order valence-corrected chi connectivity index (χ4v) is 3.32. The first-order chi connectivity index (χ1) is 10.2. The van der Waals surface area contributed by atoms with Crippen LogP contribution in [0.2, 0.25) is 0 Å². The van der Waals surface area contributed by atoms with E-state index >= 15 is 0 Å². The zero-order chi connectivity index (χ0) is 14.6. The van der Waals surface area contributed by atoms with E-state index in [0.29, 0.717) is 0 Å². The average Bonchev–Trinajstić information content (AvgIpc) is 2.52. The summed E-state index contributed by atoms with van der Waals surface area (Å²) in [5.41, 5.74) is 4.85. The van der Waals surface area contributed by atoms with Gasteiger partial charge in [0.1, 0.15) is 12.2 Å². The summed E-state index contributed by atoms with van der Waals surface area (Å²) in [6.45, 7) is 2.09. The lowest BCUT2D eigenvalue weighted by Crippen LogP contribution is -2.17. The summed E-state index contributed by atoms with van der Waals surface area (Å²) in [5, 5.41) is 23.1. The minimum absolute atomic E-state index is 0.797. The van der Waals surface area contributed by atoms with Crippen LogP contribution in [0, 0.1) is 6.92 Å². The van der Waals surface area contributed by atoms with Gasteiger partial charge >= 0.3 is 0 Å². The standard InChI is InChI=1S/C19H16O2/c1-11-5-4-6-12-9-17-16(10-15(11)12)13-7-2-3-8-14(13)18(20)19(17)21/h2-10,18-21H,1H3/t18-,19-/m0/s1. The predicted molar refractivity (Wildman–Crippen MR) is 84.0 cm³/mol. The summed E-state index contributed by atoms with van der Waals surface area (Å²) < 4.78 is 0. The molecule has 0 fully saturated rings. The third kappa shape index (κ3) is 1.73. The molecule has 0 amide bonds. The average molecular weight is 276 g/mol. The molecule has 104 valence electrons. The quantitative estimate of drug-likeness (QED) is 0.654. The van der Waals surface area contributed by atoms with E-state index in [4.69, 9.17) is 0 Å². The summed E-state index contributed by atoms with van der Waals surface area (Å²) in [6.07, 6.45) is -1.74. The maximum atomic E-state index is 10.5. The first-order valence-electron chi connectivity index (χ1n) is 7.15. The molecule has 21 heavy (non-hydrogen) atoms. The SMILES string of the molecule is Cc1cccc2cc3c(cc12)-c1ccccc1[C@H](O)[C@H]3O. The Kier molecular flexibility index (Phi) is 2.64. The van der Waals surface area contributed by atoms with Crippen LogP contribution in [-0.2, 0) is 0 Å². The van der Waals surface area contributed by atoms with Gasteiger partial charge < -0.3 is 10.2 Å². The first-order valence-corrected chi connectivity index (χ1v) is 7.15. The molecule has 1 aliphatic rings. The molecule has 0 unspecified atom stereocenters. The maximum absolute atomic E-state index is 10.5. The maximum Gasteiger partial charge on any atom is 0.110 e. The number of aryl methyl sites for hydroxylation is 1. The lowest BCUT2D eigenvalue weighted by Gasteiger charge is -2.29. The zero-order valence-corrected chi connectivity index (χ0v) is 11.7. The van der Waals surface area contributed by atoms with Gasteiger partial charge in [0.05, 0.1) is 0 Å². The largest absolute Gasteiger partial charge is 0.385 e. The molecule has 0 bridgehead atoms. The number of aliphatic hydroxyl groups is 2. The van der Waals surface area contributed by atoms with Gasteiger partial charge in [0.15, 0.2) is 0 Å². The molecule has 1 aliphatic carbocycles. The van der Waals surface area contributed by atoms with Gasteiger partial charge in [-0.15, -0.1) is 0 Å². The van der Waals surface area contributed by atoms with Crippen molar-refractivity contribution >= 4 is 10.8 Å². The molecule has 0 aromatic heterocycles. The second-order valence-corrected chi connectivity index (χ2v) is 5.71. The molecule has 3 aromatic carbocycles. The summed E-state index contributed by atoms with van der Waals surface area (Å²) >= 11 is 0. The van der Waals surface area contributed by atoms with Gasteiger partial charge in [0.25, 0.3) is 0 Å². The second kappa shape index (κ2) is 4.42. The van der Waals surface area contributed by atoms with E-state index in [9.17, 15) is 10.2 Å². The Bertz CT molecular complexity index is 851. The van der Waals surface area contributed by atoms with E-state index in [-0.39, 0.29) is 0 Å². The molecular formula is C19H16O2. The van der Waals surface area contributed by atoms with E-state index in [1.165, 1.54) is 10.9 Å². The molecule has 0 radical (unpaired) electrons. The number of benzene rings is 3. The van der Waals surface area contributed by atoms with Crippen molar-refractivity contribution in [3.8, 4) is 11.1 Å². The Hall–Kier alpha value is -2.16. The Labute approximate surface area is 123 Å². The number of rotatable bonds is 0. The molecule has 2 atom stereocenters. The molecule has 2 N–H and O–H groups in total. The first kappa shape index (κ1) is 12.6. The molecule has 0 aliphatic heterocycles. The third-order valence-corrected chi connectivity index (χ3v) is 4.46. The fraction of sp³-hybridized carbons (Fsp3) is 0.158. The van der Waals surface area contributed by atoms with Crippen LogP contribution in [0.4, 0.5) is 0 Å². The summed E-state index contributed by atoms with van der Waals surface area (Å²) in [4.78, 5) is 0. The normalized spacial score (nSPS) is 20.1. The van der Waals surface area contributed by atoms with Gasteiger partial charge in [-0.1, -0.05) is 42.5 Å². The van der Waals surface area contributed by atoms with Gasteiger partial charge in [0, 0.05) is 0 Å². The Morgan fingerprint density at radius 2 is 1.52 bits per heavy atom. The molecular weight excluding hydrogens is 260 g/mol. The number of fused-ring (bicyclic) bond motifs is 4. The van der Waals surface area contributed by atoms with Crippen molar-refractivity contribution in [1.82, 2.24) is 0 Å². The molecule has 3 aromatic rings. The molecule has 4 rings (SSSR count). The molecule has 0 saturated heterocycles. The Balaban J connectivity index is 2.11. The highest BCUT2D eigenvalue weighted by Crippen LogP contribution is 2.45. The van der Waals surface area contributed by atoms with Gasteiger partial charge in [-0.25, -0.2) is 0 Å². The number of hydrogen-bond donors (Lipinski definition) is 2. The summed E-state index contributed by atoms with van der Waals surface area (Å²) in [5.74, 6) is 0.